The Bertz CT molecular complexity index is 454. The number of likely N-dealkylation sites (tertiary alicyclic amines) is 1. The Labute approximate surface area is 127 Å². The molecule has 1 aromatic carbocycles. The van der Waals surface area contributed by atoms with Crippen LogP contribution in [0.1, 0.15) is 18.9 Å². The highest BCUT2D eigenvalue weighted by molar-refractivity contribution is 5.50. The van der Waals surface area contributed by atoms with Gasteiger partial charge >= 0.3 is 0 Å². The Morgan fingerprint density at radius 1 is 1.14 bits per heavy atom. The zero-order valence-electron chi connectivity index (χ0n) is 13.4. The summed E-state index contributed by atoms with van der Waals surface area (Å²) in [5.74, 6) is 2.90. The third kappa shape index (κ3) is 3.60. The van der Waals surface area contributed by atoms with Crippen molar-refractivity contribution < 1.29 is 14.2 Å². The molecule has 0 spiro atoms. The number of rotatable bonds is 5. The number of methoxy groups -OCH3 is 3. The van der Waals surface area contributed by atoms with E-state index < -0.39 is 0 Å². The topological polar surface area (TPSA) is 57.0 Å². The average molecular weight is 294 g/mol. The molecule has 5 nitrogen and oxygen atoms in total. The van der Waals surface area contributed by atoms with Crippen molar-refractivity contribution in [2.75, 3.05) is 34.4 Å². The second-order valence-corrected chi connectivity index (χ2v) is 5.68. The lowest BCUT2D eigenvalue weighted by Gasteiger charge is -2.35. The molecule has 5 heteroatoms. The number of benzene rings is 1. The largest absolute Gasteiger partial charge is 0.496 e. The maximum atomic E-state index is 6.18. The van der Waals surface area contributed by atoms with Gasteiger partial charge in [0.15, 0.2) is 0 Å². The number of hydrogen-bond donors (Lipinski definition) is 1. The standard InChI is InChI=1S/C16H26N2O3/c1-11-5-6-18(10-14(11)17)9-13-15(20-3)7-12(19-2)8-16(13)21-4/h7-8,11,14H,5-6,9-10,17H2,1-4H3. The van der Waals surface area contributed by atoms with Gasteiger partial charge in [0.2, 0.25) is 0 Å². The van der Waals surface area contributed by atoms with Crippen LogP contribution in [-0.4, -0.2) is 45.4 Å². The molecule has 21 heavy (non-hydrogen) atoms. The molecule has 0 radical (unpaired) electrons. The van der Waals surface area contributed by atoms with Crippen molar-refractivity contribution in [1.82, 2.24) is 4.90 Å². The SMILES string of the molecule is COc1cc(OC)c(CN2CCC(C)C(N)C2)c(OC)c1. The Balaban J connectivity index is 2.22. The molecule has 1 aliphatic rings. The third-order valence-electron chi connectivity index (χ3n) is 4.30. The van der Waals surface area contributed by atoms with Crippen LogP contribution in [0.4, 0.5) is 0 Å². The van der Waals surface area contributed by atoms with Gasteiger partial charge < -0.3 is 19.9 Å². The molecular weight excluding hydrogens is 268 g/mol. The van der Waals surface area contributed by atoms with Crippen molar-refractivity contribution in [3.63, 3.8) is 0 Å². The Morgan fingerprint density at radius 2 is 1.76 bits per heavy atom. The maximum Gasteiger partial charge on any atom is 0.130 e. The second-order valence-electron chi connectivity index (χ2n) is 5.68. The third-order valence-corrected chi connectivity index (χ3v) is 4.30. The highest BCUT2D eigenvalue weighted by Gasteiger charge is 2.25. The maximum absolute atomic E-state index is 6.18. The molecule has 0 amide bonds. The Kier molecular flexibility index (Phi) is 5.31. The lowest BCUT2D eigenvalue weighted by molar-refractivity contribution is 0.159. The number of nitrogens with two attached hydrogens (primary N) is 1. The van der Waals surface area contributed by atoms with E-state index >= 15 is 0 Å². The quantitative estimate of drug-likeness (QED) is 0.898. The van der Waals surface area contributed by atoms with Crippen LogP contribution in [0.2, 0.25) is 0 Å². The van der Waals surface area contributed by atoms with Crippen LogP contribution in [0, 0.1) is 5.92 Å². The summed E-state index contributed by atoms with van der Waals surface area (Å²) in [6, 6.07) is 4.02. The van der Waals surface area contributed by atoms with Gasteiger partial charge in [-0.1, -0.05) is 6.92 Å². The van der Waals surface area contributed by atoms with Gasteiger partial charge in [0.05, 0.1) is 26.9 Å². The molecule has 118 valence electrons. The van der Waals surface area contributed by atoms with Crippen LogP contribution >= 0.6 is 0 Å². The number of nitrogens with zero attached hydrogens (tertiary/aromatic N) is 1. The van der Waals surface area contributed by atoms with Crippen LogP contribution in [0.5, 0.6) is 17.2 Å². The fourth-order valence-electron chi connectivity index (χ4n) is 2.77. The van der Waals surface area contributed by atoms with E-state index in [1.807, 2.05) is 12.1 Å². The van der Waals surface area contributed by atoms with E-state index in [2.05, 4.69) is 11.8 Å². The molecule has 2 N–H and O–H groups in total. The van der Waals surface area contributed by atoms with Crippen molar-refractivity contribution in [3.05, 3.63) is 17.7 Å². The summed E-state index contributed by atoms with van der Waals surface area (Å²) in [7, 11) is 4.97. The zero-order valence-corrected chi connectivity index (χ0v) is 13.4. The molecule has 2 unspecified atom stereocenters. The summed E-state index contributed by atoms with van der Waals surface area (Å²) < 4.78 is 16.3. The molecule has 1 saturated heterocycles. The van der Waals surface area contributed by atoms with E-state index in [4.69, 9.17) is 19.9 Å². The highest BCUT2D eigenvalue weighted by atomic mass is 16.5. The first-order chi connectivity index (χ1) is 10.1. The Hall–Kier alpha value is -1.46. The van der Waals surface area contributed by atoms with Crippen LogP contribution < -0.4 is 19.9 Å². The smallest absolute Gasteiger partial charge is 0.130 e. The van der Waals surface area contributed by atoms with E-state index in [1.165, 1.54) is 0 Å². The van der Waals surface area contributed by atoms with Gasteiger partial charge in [-0.15, -0.1) is 0 Å². The fourth-order valence-corrected chi connectivity index (χ4v) is 2.77. The van der Waals surface area contributed by atoms with Crippen molar-refractivity contribution in [1.29, 1.82) is 0 Å². The van der Waals surface area contributed by atoms with E-state index in [1.54, 1.807) is 21.3 Å². The minimum atomic E-state index is 0.231. The second kappa shape index (κ2) is 7.00. The minimum absolute atomic E-state index is 0.231. The lowest BCUT2D eigenvalue weighted by atomic mass is 9.94. The Morgan fingerprint density at radius 3 is 2.24 bits per heavy atom. The first-order valence-electron chi connectivity index (χ1n) is 7.35. The van der Waals surface area contributed by atoms with E-state index in [0.29, 0.717) is 5.92 Å². The van der Waals surface area contributed by atoms with Gasteiger partial charge in [-0.05, 0) is 18.9 Å². The van der Waals surface area contributed by atoms with Crippen LogP contribution in [-0.2, 0) is 6.54 Å². The average Bonchev–Trinajstić information content (AvgIpc) is 2.50. The molecule has 2 rings (SSSR count). The van der Waals surface area contributed by atoms with Crippen LogP contribution in [0.25, 0.3) is 0 Å². The van der Waals surface area contributed by atoms with Gasteiger partial charge in [-0.25, -0.2) is 0 Å². The fraction of sp³-hybridized carbons (Fsp3) is 0.625. The molecule has 0 bridgehead atoms. The molecule has 0 aromatic heterocycles. The van der Waals surface area contributed by atoms with E-state index in [9.17, 15) is 0 Å². The molecule has 1 fully saturated rings. The van der Waals surface area contributed by atoms with Crippen molar-refractivity contribution in [2.24, 2.45) is 11.7 Å². The van der Waals surface area contributed by atoms with E-state index in [-0.39, 0.29) is 6.04 Å². The summed E-state index contributed by atoms with van der Waals surface area (Å²) >= 11 is 0. The van der Waals surface area contributed by atoms with Gasteiger partial charge in [0, 0.05) is 31.3 Å². The predicted molar refractivity (Wildman–Crippen MR) is 83.1 cm³/mol. The molecular formula is C16H26N2O3. The van der Waals surface area contributed by atoms with Crippen molar-refractivity contribution in [3.8, 4) is 17.2 Å². The van der Waals surface area contributed by atoms with Gasteiger partial charge in [0.25, 0.3) is 0 Å². The highest BCUT2D eigenvalue weighted by Crippen LogP contribution is 2.35. The van der Waals surface area contributed by atoms with Crippen LogP contribution in [0.3, 0.4) is 0 Å². The summed E-state index contributed by atoms with van der Waals surface area (Å²) in [5.41, 5.74) is 7.23. The molecule has 1 aromatic rings. The van der Waals surface area contributed by atoms with Gasteiger partial charge in [-0.2, -0.15) is 0 Å². The summed E-state index contributed by atoms with van der Waals surface area (Å²) in [6.45, 7) is 4.94. The summed E-state index contributed by atoms with van der Waals surface area (Å²) in [5, 5.41) is 0. The molecule has 2 atom stereocenters. The number of ether oxygens (including phenoxy) is 3. The number of piperidine rings is 1. The normalized spacial score (nSPS) is 22.9. The summed E-state index contributed by atoms with van der Waals surface area (Å²) in [6.07, 6.45) is 1.13. The number of hydrogen-bond acceptors (Lipinski definition) is 5. The molecule has 0 aliphatic carbocycles. The molecule has 1 heterocycles. The van der Waals surface area contributed by atoms with Crippen molar-refractivity contribution in [2.45, 2.75) is 25.9 Å². The zero-order chi connectivity index (χ0) is 15.4. The molecule has 1 aliphatic heterocycles. The first kappa shape index (κ1) is 15.9. The monoisotopic (exact) mass is 294 g/mol. The van der Waals surface area contributed by atoms with Crippen LogP contribution in [0.15, 0.2) is 12.1 Å². The molecule has 0 saturated carbocycles. The predicted octanol–water partition coefficient (Wildman–Crippen LogP) is 1.88. The first-order valence-corrected chi connectivity index (χ1v) is 7.35. The van der Waals surface area contributed by atoms with Gasteiger partial charge in [0.1, 0.15) is 17.2 Å². The minimum Gasteiger partial charge on any atom is -0.496 e. The summed E-state index contributed by atoms with van der Waals surface area (Å²) in [4.78, 5) is 2.36. The van der Waals surface area contributed by atoms with E-state index in [0.717, 1.165) is 48.9 Å². The van der Waals surface area contributed by atoms with Gasteiger partial charge in [-0.3, -0.25) is 4.90 Å². The lowest BCUT2D eigenvalue weighted by Crippen LogP contribution is -2.47. The van der Waals surface area contributed by atoms with Crippen molar-refractivity contribution >= 4 is 0 Å².